The maximum Gasteiger partial charge on any atom is 0.303 e. The fourth-order valence-corrected chi connectivity index (χ4v) is 1.74. The van der Waals surface area contributed by atoms with Gasteiger partial charge in [-0.15, -0.1) is 0 Å². The molecular formula is C14H18O5. The van der Waals surface area contributed by atoms with Crippen LogP contribution >= 0.6 is 0 Å². The summed E-state index contributed by atoms with van der Waals surface area (Å²) in [5, 5.41) is 0. The highest BCUT2D eigenvalue weighted by atomic mass is 16.6. The number of hydrogen-bond acceptors (Lipinski definition) is 5. The molecule has 1 aromatic carbocycles. The van der Waals surface area contributed by atoms with Crippen LogP contribution in [0.5, 0.6) is 0 Å². The van der Waals surface area contributed by atoms with E-state index in [1.54, 1.807) is 12.1 Å². The van der Waals surface area contributed by atoms with E-state index in [-0.39, 0.29) is 6.61 Å². The highest BCUT2D eigenvalue weighted by molar-refractivity contribution is 5.67. The Labute approximate surface area is 112 Å². The van der Waals surface area contributed by atoms with Crippen LogP contribution < -0.4 is 0 Å². The summed E-state index contributed by atoms with van der Waals surface area (Å²) in [5.74, 6) is -0.891. The van der Waals surface area contributed by atoms with Crippen LogP contribution in [0, 0.1) is 0 Å². The molecule has 0 aliphatic carbocycles. The second-order valence-electron chi connectivity index (χ2n) is 4.04. The molecule has 0 N–H and O–H groups in total. The van der Waals surface area contributed by atoms with Crippen molar-refractivity contribution in [2.75, 3.05) is 13.7 Å². The van der Waals surface area contributed by atoms with Gasteiger partial charge in [-0.1, -0.05) is 30.3 Å². The van der Waals surface area contributed by atoms with Crippen molar-refractivity contribution in [3.8, 4) is 0 Å². The quantitative estimate of drug-likeness (QED) is 0.735. The van der Waals surface area contributed by atoms with E-state index in [1.165, 1.54) is 21.0 Å². The first-order chi connectivity index (χ1) is 9.04. The molecule has 2 atom stereocenters. The molecule has 0 bridgehead atoms. The summed E-state index contributed by atoms with van der Waals surface area (Å²) in [4.78, 5) is 22.4. The average Bonchev–Trinajstić information content (AvgIpc) is 2.36. The summed E-state index contributed by atoms with van der Waals surface area (Å²) in [7, 11) is 1.49. The van der Waals surface area contributed by atoms with Gasteiger partial charge in [0, 0.05) is 21.0 Å². The molecule has 104 valence electrons. The maximum atomic E-state index is 11.2. The Morgan fingerprint density at radius 2 is 1.63 bits per heavy atom. The number of rotatable bonds is 6. The molecule has 0 spiro atoms. The first-order valence-electron chi connectivity index (χ1n) is 5.93. The molecule has 19 heavy (non-hydrogen) atoms. The summed E-state index contributed by atoms with van der Waals surface area (Å²) < 4.78 is 15.4. The van der Waals surface area contributed by atoms with Crippen LogP contribution in [0.1, 0.15) is 25.5 Å². The van der Waals surface area contributed by atoms with E-state index in [2.05, 4.69) is 0 Å². The maximum absolute atomic E-state index is 11.2. The van der Waals surface area contributed by atoms with Gasteiger partial charge in [-0.25, -0.2) is 0 Å². The van der Waals surface area contributed by atoms with E-state index in [9.17, 15) is 9.59 Å². The van der Waals surface area contributed by atoms with E-state index in [0.29, 0.717) is 0 Å². The first kappa shape index (κ1) is 15.2. The van der Waals surface area contributed by atoms with Gasteiger partial charge in [0.1, 0.15) is 0 Å². The molecule has 0 radical (unpaired) electrons. The van der Waals surface area contributed by atoms with E-state index < -0.39 is 24.1 Å². The van der Waals surface area contributed by atoms with Crippen molar-refractivity contribution >= 4 is 11.9 Å². The lowest BCUT2D eigenvalue weighted by molar-refractivity contribution is -0.170. The van der Waals surface area contributed by atoms with Gasteiger partial charge in [-0.2, -0.15) is 0 Å². The van der Waals surface area contributed by atoms with Gasteiger partial charge in [0.25, 0.3) is 0 Å². The zero-order valence-electron chi connectivity index (χ0n) is 11.3. The Hall–Kier alpha value is -1.88. The molecule has 1 aromatic rings. The van der Waals surface area contributed by atoms with E-state index in [0.717, 1.165) is 5.56 Å². The van der Waals surface area contributed by atoms with Gasteiger partial charge in [0.05, 0.1) is 6.61 Å². The Morgan fingerprint density at radius 3 is 2.11 bits per heavy atom. The average molecular weight is 266 g/mol. The molecule has 0 saturated carbocycles. The van der Waals surface area contributed by atoms with Gasteiger partial charge >= 0.3 is 11.9 Å². The van der Waals surface area contributed by atoms with Crippen LogP contribution in [0.15, 0.2) is 30.3 Å². The highest BCUT2D eigenvalue weighted by Crippen LogP contribution is 2.24. The largest absolute Gasteiger partial charge is 0.456 e. The molecule has 0 heterocycles. The van der Waals surface area contributed by atoms with Crippen molar-refractivity contribution in [2.45, 2.75) is 26.1 Å². The minimum absolute atomic E-state index is 0.145. The first-order valence-corrected chi connectivity index (χ1v) is 5.93. The van der Waals surface area contributed by atoms with E-state index >= 15 is 0 Å². The molecule has 0 aliphatic rings. The van der Waals surface area contributed by atoms with Gasteiger partial charge in [-0.3, -0.25) is 9.59 Å². The highest BCUT2D eigenvalue weighted by Gasteiger charge is 2.28. The SMILES string of the molecule is COC[C@H](OC(C)=O)[C@H](OC(C)=O)c1ccccc1. The second kappa shape index (κ2) is 7.53. The monoisotopic (exact) mass is 266 g/mol. The molecule has 5 nitrogen and oxygen atoms in total. The molecule has 5 heteroatoms. The predicted molar refractivity (Wildman–Crippen MR) is 68.4 cm³/mol. The number of carbonyl (C=O) groups is 2. The third-order valence-electron chi connectivity index (χ3n) is 2.41. The summed E-state index contributed by atoms with van der Waals surface area (Å²) in [6.07, 6.45) is -1.35. The van der Waals surface area contributed by atoms with Crippen LogP contribution in [0.25, 0.3) is 0 Å². The predicted octanol–water partition coefficient (Wildman–Crippen LogP) is 1.87. The third kappa shape index (κ3) is 5.09. The summed E-state index contributed by atoms with van der Waals surface area (Å²) in [6.45, 7) is 2.76. The van der Waals surface area contributed by atoms with Crippen LogP contribution in [-0.4, -0.2) is 31.8 Å². The lowest BCUT2D eigenvalue weighted by atomic mass is 10.0. The summed E-state index contributed by atoms with van der Waals surface area (Å²) in [6, 6.07) is 9.11. The van der Waals surface area contributed by atoms with Crippen LogP contribution in [0.3, 0.4) is 0 Å². The van der Waals surface area contributed by atoms with Gasteiger partial charge in [0.2, 0.25) is 0 Å². The lowest BCUT2D eigenvalue weighted by Gasteiger charge is -2.26. The smallest absolute Gasteiger partial charge is 0.303 e. The van der Waals surface area contributed by atoms with Gasteiger partial charge in [-0.05, 0) is 5.56 Å². The summed E-state index contributed by atoms with van der Waals surface area (Å²) >= 11 is 0. The van der Waals surface area contributed by atoms with Gasteiger partial charge in [0.15, 0.2) is 12.2 Å². The molecule has 0 aromatic heterocycles. The van der Waals surface area contributed by atoms with Crippen molar-refractivity contribution in [2.24, 2.45) is 0 Å². The Morgan fingerprint density at radius 1 is 1.05 bits per heavy atom. The molecule has 1 rings (SSSR count). The number of ether oxygens (including phenoxy) is 3. The Kier molecular flexibility index (Phi) is 6.02. The van der Waals surface area contributed by atoms with Crippen molar-refractivity contribution in [1.29, 1.82) is 0 Å². The zero-order chi connectivity index (χ0) is 14.3. The van der Waals surface area contributed by atoms with E-state index in [4.69, 9.17) is 14.2 Å². The third-order valence-corrected chi connectivity index (χ3v) is 2.41. The Bertz CT molecular complexity index is 415. The lowest BCUT2D eigenvalue weighted by Crippen LogP contribution is -2.31. The molecule has 0 saturated heterocycles. The van der Waals surface area contributed by atoms with Crippen LogP contribution in [-0.2, 0) is 23.8 Å². The van der Waals surface area contributed by atoms with E-state index in [1.807, 2.05) is 18.2 Å². The Balaban J connectivity index is 2.98. The standard InChI is InChI=1S/C14H18O5/c1-10(15)18-13(9-17-3)14(19-11(2)16)12-7-5-4-6-8-12/h4-8,13-14H,9H2,1-3H3/t13-,14+/m0/s1. The van der Waals surface area contributed by atoms with Gasteiger partial charge < -0.3 is 14.2 Å². The van der Waals surface area contributed by atoms with Crippen molar-refractivity contribution < 1.29 is 23.8 Å². The minimum Gasteiger partial charge on any atom is -0.456 e. The van der Waals surface area contributed by atoms with Crippen LogP contribution in [0.2, 0.25) is 0 Å². The molecule has 0 fully saturated rings. The number of hydrogen-bond donors (Lipinski definition) is 0. The van der Waals surface area contributed by atoms with Crippen molar-refractivity contribution in [3.63, 3.8) is 0 Å². The topological polar surface area (TPSA) is 61.8 Å². The number of benzene rings is 1. The number of methoxy groups -OCH3 is 1. The normalized spacial score (nSPS) is 13.4. The van der Waals surface area contributed by atoms with Crippen LogP contribution in [0.4, 0.5) is 0 Å². The fourth-order valence-electron chi connectivity index (χ4n) is 1.74. The minimum atomic E-state index is -0.678. The zero-order valence-corrected chi connectivity index (χ0v) is 11.3. The fraction of sp³-hybridized carbons (Fsp3) is 0.429. The molecule has 0 aliphatic heterocycles. The second-order valence-corrected chi connectivity index (χ2v) is 4.04. The number of carbonyl (C=O) groups excluding carboxylic acids is 2. The summed E-state index contributed by atoms with van der Waals surface area (Å²) in [5.41, 5.74) is 0.751. The molecular weight excluding hydrogens is 248 g/mol. The van der Waals surface area contributed by atoms with Crippen molar-refractivity contribution in [3.05, 3.63) is 35.9 Å². The van der Waals surface area contributed by atoms with Crippen molar-refractivity contribution in [1.82, 2.24) is 0 Å². The number of esters is 2. The molecule has 0 amide bonds. The molecule has 0 unspecified atom stereocenters.